The van der Waals surface area contributed by atoms with Crippen LogP contribution < -0.4 is 5.32 Å². The molecular weight excluding hydrogens is 301 g/mol. The fraction of sp³-hybridized carbons (Fsp3) is 0. The molecule has 7 heteroatoms. The minimum absolute atomic E-state index is 0.0275. The van der Waals surface area contributed by atoms with E-state index in [4.69, 9.17) is 16.7 Å². The molecule has 21 heavy (non-hydrogen) atoms. The smallest absolute Gasteiger partial charge is 0.337 e. The lowest BCUT2D eigenvalue weighted by Gasteiger charge is -2.09. The summed E-state index contributed by atoms with van der Waals surface area (Å²) < 4.78 is 13.2. The maximum atomic E-state index is 13.2. The van der Waals surface area contributed by atoms with Crippen LogP contribution in [-0.2, 0) is 0 Å². The van der Waals surface area contributed by atoms with E-state index in [2.05, 4.69) is 5.32 Å². The van der Waals surface area contributed by atoms with Crippen molar-refractivity contribution in [3.05, 3.63) is 58.4 Å². The maximum absolute atomic E-state index is 13.2. The molecule has 0 heterocycles. The van der Waals surface area contributed by atoms with Crippen LogP contribution >= 0.6 is 11.6 Å². The molecule has 0 unspecified atom stereocenters. The highest BCUT2D eigenvalue weighted by Crippen LogP contribution is 2.25. The number of anilines is 1. The number of halogens is 2. The Balaban J connectivity index is 2.33. The number of carbonyl (C=O) groups is 2. The number of benzene rings is 2. The van der Waals surface area contributed by atoms with E-state index in [1.807, 2.05) is 0 Å². The van der Waals surface area contributed by atoms with Crippen LogP contribution in [0, 0.1) is 5.82 Å². The normalized spacial score (nSPS) is 10.2. The molecule has 5 nitrogen and oxygen atoms in total. The molecule has 2 aromatic carbocycles. The summed E-state index contributed by atoms with van der Waals surface area (Å²) in [4.78, 5) is 23.0. The predicted molar refractivity (Wildman–Crippen MR) is 74.4 cm³/mol. The number of hydrogen-bond donors (Lipinski definition) is 3. The third-order valence-corrected chi connectivity index (χ3v) is 2.97. The molecule has 0 spiro atoms. The van der Waals surface area contributed by atoms with Crippen LogP contribution in [0.2, 0.25) is 5.02 Å². The molecule has 0 atom stereocenters. The van der Waals surface area contributed by atoms with Gasteiger partial charge >= 0.3 is 5.97 Å². The first kappa shape index (κ1) is 14.8. The molecule has 1 amide bonds. The second kappa shape index (κ2) is 5.80. The van der Waals surface area contributed by atoms with Gasteiger partial charge in [-0.05, 0) is 36.4 Å². The molecule has 0 bridgehead atoms. The van der Waals surface area contributed by atoms with Crippen molar-refractivity contribution in [3.8, 4) is 5.75 Å². The van der Waals surface area contributed by atoms with Gasteiger partial charge in [0.1, 0.15) is 11.6 Å². The average Bonchev–Trinajstić information content (AvgIpc) is 2.41. The molecule has 2 rings (SSSR count). The van der Waals surface area contributed by atoms with Crippen LogP contribution in [0.15, 0.2) is 36.4 Å². The summed E-state index contributed by atoms with van der Waals surface area (Å²) >= 11 is 5.68. The lowest BCUT2D eigenvalue weighted by atomic mass is 10.1. The molecule has 0 saturated heterocycles. The van der Waals surface area contributed by atoms with Gasteiger partial charge in [-0.1, -0.05) is 11.6 Å². The molecule has 0 radical (unpaired) electrons. The first-order chi connectivity index (χ1) is 9.88. The van der Waals surface area contributed by atoms with Crippen LogP contribution in [0.4, 0.5) is 10.1 Å². The zero-order chi connectivity index (χ0) is 15.6. The van der Waals surface area contributed by atoms with Crippen molar-refractivity contribution in [2.45, 2.75) is 0 Å². The quantitative estimate of drug-likeness (QED) is 0.813. The average molecular weight is 310 g/mol. The second-order valence-electron chi connectivity index (χ2n) is 4.12. The largest absolute Gasteiger partial charge is 0.506 e. The number of amides is 1. The van der Waals surface area contributed by atoms with Gasteiger partial charge in [0.25, 0.3) is 5.91 Å². The number of phenolic OH excluding ortho intramolecular Hbond substituents is 1. The van der Waals surface area contributed by atoms with Crippen LogP contribution in [0.3, 0.4) is 0 Å². The van der Waals surface area contributed by atoms with Crippen molar-refractivity contribution in [3.63, 3.8) is 0 Å². The van der Waals surface area contributed by atoms with Crippen molar-refractivity contribution < 1.29 is 24.2 Å². The first-order valence-electron chi connectivity index (χ1n) is 5.71. The molecule has 3 N–H and O–H groups in total. The van der Waals surface area contributed by atoms with E-state index in [1.54, 1.807) is 0 Å². The Bertz CT molecular complexity index is 733. The summed E-state index contributed by atoms with van der Waals surface area (Å²) in [6.07, 6.45) is 0. The number of rotatable bonds is 3. The molecule has 108 valence electrons. The van der Waals surface area contributed by atoms with Crippen molar-refractivity contribution >= 4 is 29.2 Å². The van der Waals surface area contributed by atoms with Gasteiger partial charge < -0.3 is 15.5 Å². The Hall–Kier alpha value is -2.60. The Kier molecular flexibility index (Phi) is 4.09. The second-order valence-corrected chi connectivity index (χ2v) is 4.52. The lowest BCUT2D eigenvalue weighted by molar-refractivity contribution is 0.0698. The van der Waals surface area contributed by atoms with Gasteiger partial charge in [-0.15, -0.1) is 0 Å². The third kappa shape index (κ3) is 3.29. The monoisotopic (exact) mass is 309 g/mol. The molecule has 0 fully saturated rings. The molecule has 0 aliphatic heterocycles. The number of nitrogens with one attached hydrogen (secondary N) is 1. The number of aromatic hydroxyl groups is 1. The highest BCUT2D eigenvalue weighted by molar-refractivity contribution is 6.32. The molecular formula is C14H9ClFNO4. The fourth-order valence-electron chi connectivity index (χ4n) is 1.65. The number of carboxylic acid groups (broad SMARTS) is 1. The van der Waals surface area contributed by atoms with Gasteiger partial charge in [0.2, 0.25) is 0 Å². The van der Waals surface area contributed by atoms with E-state index in [0.29, 0.717) is 0 Å². The van der Waals surface area contributed by atoms with Crippen LogP contribution in [-0.4, -0.2) is 22.1 Å². The lowest BCUT2D eigenvalue weighted by Crippen LogP contribution is -2.15. The fourth-order valence-corrected chi connectivity index (χ4v) is 1.83. The molecule has 0 aromatic heterocycles. The van der Waals surface area contributed by atoms with Gasteiger partial charge in [-0.3, -0.25) is 4.79 Å². The molecule has 0 aliphatic carbocycles. The SMILES string of the molecule is O=C(Nc1cc(F)ccc1C(=O)O)c1ccc(O)c(Cl)c1. The number of phenols is 1. The maximum Gasteiger partial charge on any atom is 0.337 e. The summed E-state index contributed by atoms with van der Waals surface area (Å²) in [6.45, 7) is 0. The van der Waals surface area contributed by atoms with Crippen molar-refractivity contribution in [1.29, 1.82) is 0 Å². The topological polar surface area (TPSA) is 86.6 Å². The molecule has 2 aromatic rings. The highest BCUT2D eigenvalue weighted by Gasteiger charge is 2.15. The van der Waals surface area contributed by atoms with E-state index in [9.17, 15) is 19.1 Å². The van der Waals surface area contributed by atoms with Gasteiger partial charge in [0.15, 0.2) is 0 Å². The third-order valence-electron chi connectivity index (χ3n) is 2.67. The summed E-state index contributed by atoms with van der Waals surface area (Å²) in [5.74, 6) is -2.84. The van der Waals surface area contributed by atoms with Gasteiger partial charge in [-0.25, -0.2) is 9.18 Å². The Morgan fingerprint density at radius 3 is 2.48 bits per heavy atom. The summed E-state index contributed by atoms with van der Waals surface area (Å²) in [5, 5.41) is 20.5. The number of aromatic carboxylic acids is 1. The van der Waals surface area contributed by atoms with Crippen molar-refractivity contribution in [2.24, 2.45) is 0 Å². The Morgan fingerprint density at radius 1 is 1.14 bits per heavy atom. The van der Waals surface area contributed by atoms with Crippen LogP contribution in [0.5, 0.6) is 5.75 Å². The van der Waals surface area contributed by atoms with Gasteiger partial charge in [-0.2, -0.15) is 0 Å². The van der Waals surface area contributed by atoms with Crippen LogP contribution in [0.25, 0.3) is 0 Å². The Morgan fingerprint density at radius 2 is 1.86 bits per heavy atom. The molecule has 0 aliphatic rings. The van der Waals surface area contributed by atoms with E-state index in [0.717, 1.165) is 18.2 Å². The summed E-state index contributed by atoms with van der Waals surface area (Å²) in [7, 11) is 0. The highest BCUT2D eigenvalue weighted by atomic mass is 35.5. The van der Waals surface area contributed by atoms with Crippen LogP contribution in [0.1, 0.15) is 20.7 Å². The predicted octanol–water partition coefficient (Wildman–Crippen LogP) is 3.14. The van der Waals surface area contributed by atoms with E-state index in [-0.39, 0.29) is 27.6 Å². The summed E-state index contributed by atoms with van der Waals surface area (Å²) in [5.41, 5.74) is -0.315. The first-order valence-corrected chi connectivity index (χ1v) is 6.09. The van der Waals surface area contributed by atoms with Crippen molar-refractivity contribution in [2.75, 3.05) is 5.32 Å². The molecule has 0 saturated carbocycles. The number of carboxylic acids is 1. The van der Waals surface area contributed by atoms with Gasteiger partial charge in [0, 0.05) is 5.56 Å². The Labute approximate surface area is 123 Å². The van der Waals surface area contributed by atoms with Gasteiger partial charge in [0.05, 0.1) is 16.3 Å². The van der Waals surface area contributed by atoms with E-state index < -0.39 is 17.7 Å². The standard InChI is InChI=1S/C14H9ClFNO4/c15-10-5-7(1-4-12(10)18)13(19)17-11-6-8(16)2-3-9(11)14(20)21/h1-6,18H,(H,17,19)(H,20,21). The van der Waals surface area contributed by atoms with Crippen molar-refractivity contribution in [1.82, 2.24) is 0 Å². The zero-order valence-electron chi connectivity index (χ0n) is 10.4. The number of hydrogen-bond acceptors (Lipinski definition) is 3. The minimum Gasteiger partial charge on any atom is -0.506 e. The zero-order valence-corrected chi connectivity index (χ0v) is 11.2. The van der Waals surface area contributed by atoms with E-state index >= 15 is 0 Å². The van der Waals surface area contributed by atoms with E-state index in [1.165, 1.54) is 18.2 Å². The summed E-state index contributed by atoms with van der Waals surface area (Å²) in [6, 6.07) is 6.68. The number of carbonyl (C=O) groups excluding carboxylic acids is 1. The minimum atomic E-state index is -1.30.